The number of nitrogens with one attached hydrogen (secondary N) is 1. The Morgan fingerprint density at radius 2 is 1.73 bits per heavy atom. The van der Waals surface area contributed by atoms with Gasteiger partial charge in [0.1, 0.15) is 0 Å². The molecule has 0 aliphatic rings. The maximum atomic E-state index is 13.6. The normalized spacial score (nSPS) is 10.5. The van der Waals surface area contributed by atoms with Crippen LogP contribution in [0.2, 0.25) is 0 Å². The molecule has 0 saturated heterocycles. The molecule has 0 unspecified atom stereocenters. The van der Waals surface area contributed by atoms with Gasteiger partial charge in [-0.05, 0) is 43.2 Å². The predicted molar refractivity (Wildman–Crippen MR) is 93.5 cm³/mol. The van der Waals surface area contributed by atoms with E-state index in [1.165, 1.54) is 11.8 Å². The number of benzene rings is 2. The van der Waals surface area contributed by atoms with Crippen molar-refractivity contribution in [2.24, 2.45) is 0 Å². The third-order valence-electron chi connectivity index (χ3n) is 3.91. The van der Waals surface area contributed by atoms with Crippen LogP contribution in [0.1, 0.15) is 24.5 Å². The molecule has 138 valence electrons. The van der Waals surface area contributed by atoms with Crippen LogP contribution in [0, 0.1) is 31.3 Å². The molecule has 0 radical (unpaired) electrons. The number of hydrogen-bond acceptors (Lipinski definition) is 2. The molecule has 0 aliphatic carbocycles. The average Bonchev–Trinajstić information content (AvgIpc) is 2.58. The number of carbonyl (C=O) groups is 2. The van der Waals surface area contributed by atoms with Crippen molar-refractivity contribution in [2.45, 2.75) is 27.2 Å². The van der Waals surface area contributed by atoms with Gasteiger partial charge in [0.15, 0.2) is 17.5 Å². The highest BCUT2D eigenvalue weighted by Gasteiger charge is 2.18. The van der Waals surface area contributed by atoms with Crippen LogP contribution in [-0.4, -0.2) is 18.4 Å². The van der Waals surface area contributed by atoms with Gasteiger partial charge in [-0.3, -0.25) is 9.59 Å². The molecule has 1 N–H and O–H groups in total. The standard InChI is InChI=1S/C19H19F3N2O2/c1-11-4-5-12(2)16(10-11)24(13(3)25)9-8-17(26)23-15-7-6-14(20)18(21)19(15)22/h4-7,10H,8-9H2,1-3H3,(H,23,26). The van der Waals surface area contributed by atoms with Gasteiger partial charge in [-0.25, -0.2) is 13.2 Å². The number of nitrogens with zero attached hydrogens (tertiary/aromatic N) is 1. The molecule has 0 spiro atoms. The highest BCUT2D eigenvalue weighted by atomic mass is 19.2. The van der Waals surface area contributed by atoms with Gasteiger partial charge in [0.2, 0.25) is 11.8 Å². The van der Waals surface area contributed by atoms with Gasteiger partial charge < -0.3 is 10.2 Å². The summed E-state index contributed by atoms with van der Waals surface area (Å²) in [6, 6.07) is 7.29. The molecule has 0 bridgehead atoms. The van der Waals surface area contributed by atoms with Crippen LogP contribution in [0.3, 0.4) is 0 Å². The highest BCUT2D eigenvalue weighted by Crippen LogP contribution is 2.23. The molecule has 0 fully saturated rings. The largest absolute Gasteiger partial charge is 0.323 e. The number of anilines is 2. The summed E-state index contributed by atoms with van der Waals surface area (Å²) in [5.41, 5.74) is 2.07. The molecule has 26 heavy (non-hydrogen) atoms. The second-order valence-corrected chi connectivity index (χ2v) is 5.98. The fraction of sp³-hybridized carbons (Fsp3) is 0.263. The summed E-state index contributed by atoms with van der Waals surface area (Å²) in [5, 5.41) is 2.19. The molecule has 4 nitrogen and oxygen atoms in total. The summed E-state index contributed by atoms with van der Waals surface area (Å²) in [6.07, 6.45) is -0.134. The number of rotatable bonds is 5. The highest BCUT2D eigenvalue weighted by molar-refractivity contribution is 5.95. The van der Waals surface area contributed by atoms with E-state index < -0.39 is 29.0 Å². The van der Waals surface area contributed by atoms with Crippen LogP contribution in [0.5, 0.6) is 0 Å². The fourth-order valence-electron chi connectivity index (χ4n) is 2.51. The van der Waals surface area contributed by atoms with Crippen molar-refractivity contribution in [1.29, 1.82) is 0 Å². The minimum Gasteiger partial charge on any atom is -0.323 e. The zero-order valence-electron chi connectivity index (χ0n) is 14.7. The zero-order chi connectivity index (χ0) is 19.4. The van der Waals surface area contributed by atoms with E-state index in [0.29, 0.717) is 5.69 Å². The smallest absolute Gasteiger partial charge is 0.226 e. The van der Waals surface area contributed by atoms with Gasteiger partial charge >= 0.3 is 0 Å². The Labute approximate surface area is 149 Å². The number of amides is 2. The molecular formula is C19H19F3N2O2. The number of aryl methyl sites for hydroxylation is 2. The van der Waals surface area contributed by atoms with Crippen molar-refractivity contribution in [3.05, 3.63) is 58.9 Å². The minimum absolute atomic E-state index is 0.0662. The van der Waals surface area contributed by atoms with Crippen molar-refractivity contribution in [3.63, 3.8) is 0 Å². The van der Waals surface area contributed by atoms with Gasteiger partial charge in [0.05, 0.1) is 5.69 Å². The topological polar surface area (TPSA) is 49.4 Å². The molecule has 0 aliphatic heterocycles. The van der Waals surface area contributed by atoms with Gasteiger partial charge in [0.25, 0.3) is 0 Å². The van der Waals surface area contributed by atoms with Gasteiger partial charge in [0, 0.05) is 25.6 Å². The van der Waals surface area contributed by atoms with E-state index >= 15 is 0 Å². The molecule has 2 amide bonds. The maximum Gasteiger partial charge on any atom is 0.226 e. The lowest BCUT2D eigenvalue weighted by atomic mass is 10.1. The molecule has 0 saturated carbocycles. The van der Waals surface area contributed by atoms with Gasteiger partial charge in [-0.15, -0.1) is 0 Å². The summed E-state index contributed by atoms with van der Waals surface area (Å²) < 4.78 is 39.8. The Hall–Kier alpha value is -2.83. The Morgan fingerprint density at radius 1 is 1.04 bits per heavy atom. The van der Waals surface area contributed by atoms with Crippen LogP contribution in [0.4, 0.5) is 24.5 Å². The Balaban J connectivity index is 2.10. The Kier molecular flexibility index (Phi) is 6.02. The van der Waals surface area contributed by atoms with E-state index in [2.05, 4.69) is 5.32 Å². The number of halogens is 3. The van der Waals surface area contributed by atoms with Crippen LogP contribution >= 0.6 is 0 Å². The van der Waals surface area contributed by atoms with E-state index in [0.717, 1.165) is 23.3 Å². The number of carbonyl (C=O) groups excluding carboxylic acids is 2. The summed E-state index contributed by atoms with van der Waals surface area (Å²) >= 11 is 0. The zero-order valence-corrected chi connectivity index (χ0v) is 14.7. The first-order valence-electron chi connectivity index (χ1n) is 7.99. The SMILES string of the molecule is CC(=O)N(CCC(=O)Nc1ccc(F)c(F)c1F)c1cc(C)ccc1C. The quantitative estimate of drug-likeness (QED) is 0.812. The monoisotopic (exact) mass is 364 g/mol. The van der Waals surface area contributed by atoms with Crippen molar-refractivity contribution in [3.8, 4) is 0 Å². The van der Waals surface area contributed by atoms with E-state index in [-0.39, 0.29) is 18.9 Å². The first kappa shape index (κ1) is 19.5. The van der Waals surface area contributed by atoms with E-state index in [1.54, 1.807) is 0 Å². The molecule has 0 atom stereocenters. The summed E-state index contributed by atoms with van der Waals surface area (Å²) in [6.45, 7) is 5.19. The Bertz CT molecular complexity index is 853. The lowest BCUT2D eigenvalue weighted by Gasteiger charge is -2.23. The van der Waals surface area contributed by atoms with E-state index in [4.69, 9.17) is 0 Å². The third-order valence-corrected chi connectivity index (χ3v) is 3.91. The first-order valence-corrected chi connectivity index (χ1v) is 7.99. The molecule has 0 heterocycles. The molecular weight excluding hydrogens is 345 g/mol. The molecule has 2 aromatic carbocycles. The minimum atomic E-state index is -1.65. The van der Waals surface area contributed by atoms with Crippen molar-refractivity contribution >= 4 is 23.2 Å². The molecule has 7 heteroatoms. The van der Waals surface area contributed by atoms with Gasteiger partial charge in [-0.2, -0.15) is 0 Å². The second kappa shape index (κ2) is 8.03. The maximum absolute atomic E-state index is 13.6. The van der Waals surface area contributed by atoms with Gasteiger partial charge in [-0.1, -0.05) is 12.1 Å². The summed E-state index contributed by atoms with van der Waals surface area (Å²) in [7, 11) is 0. The molecule has 2 aromatic rings. The van der Waals surface area contributed by atoms with E-state index in [1.807, 2.05) is 32.0 Å². The number of hydrogen-bond donors (Lipinski definition) is 1. The first-order chi connectivity index (χ1) is 12.2. The van der Waals surface area contributed by atoms with E-state index in [9.17, 15) is 22.8 Å². The van der Waals surface area contributed by atoms with Crippen molar-refractivity contribution in [1.82, 2.24) is 0 Å². The van der Waals surface area contributed by atoms with Crippen LogP contribution in [-0.2, 0) is 9.59 Å². The summed E-state index contributed by atoms with van der Waals surface area (Å²) in [4.78, 5) is 25.4. The fourth-order valence-corrected chi connectivity index (χ4v) is 2.51. The average molecular weight is 364 g/mol. The van der Waals surface area contributed by atoms with Crippen LogP contribution in [0.25, 0.3) is 0 Å². The molecule has 2 rings (SSSR count). The second-order valence-electron chi connectivity index (χ2n) is 5.98. The lowest BCUT2D eigenvalue weighted by molar-refractivity contribution is -0.117. The summed E-state index contributed by atoms with van der Waals surface area (Å²) in [5.74, 6) is -5.31. The molecule has 0 aromatic heterocycles. The third kappa shape index (κ3) is 4.41. The van der Waals surface area contributed by atoms with Crippen LogP contribution in [0.15, 0.2) is 30.3 Å². The predicted octanol–water partition coefficient (Wildman–Crippen LogP) is 4.10. The van der Waals surface area contributed by atoms with Crippen molar-refractivity contribution < 1.29 is 22.8 Å². The Morgan fingerprint density at radius 3 is 2.38 bits per heavy atom. The van der Waals surface area contributed by atoms with Crippen molar-refractivity contribution in [2.75, 3.05) is 16.8 Å². The lowest BCUT2D eigenvalue weighted by Crippen LogP contribution is -2.32. The van der Waals surface area contributed by atoms with Crippen LogP contribution < -0.4 is 10.2 Å².